The highest BCUT2D eigenvalue weighted by Gasteiger charge is 2.06. The van der Waals surface area contributed by atoms with Crippen molar-refractivity contribution in [2.24, 2.45) is 5.10 Å². The third kappa shape index (κ3) is 3.36. The molecule has 0 spiro atoms. The van der Waals surface area contributed by atoms with Crippen LogP contribution in [0.5, 0.6) is 5.75 Å². The number of aryl methyl sites for hydroxylation is 1. The number of halogens is 1. The molecular formula is C15H13ClN2O2. The Bertz CT molecular complexity index is 669. The number of benzene rings is 2. The molecule has 0 radical (unpaired) electrons. The molecule has 0 unspecified atom stereocenters. The van der Waals surface area contributed by atoms with Crippen LogP contribution in [0.4, 0.5) is 0 Å². The lowest BCUT2D eigenvalue weighted by Crippen LogP contribution is -2.18. The number of nitrogens with zero attached hydrogens (tertiary/aromatic N) is 1. The van der Waals surface area contributed by atoms with Gasteiger partial charge in [0.25, 0.3) is 5.91 Å². The van der Waals surface area contributed by atoms with Gasteiger partial charge in [-0.05, 0) is 36.8 Å². The van der Waals surface area contributed by atoms with E-state index in [0.29, 0.717) is 16.1 Å². The van der Waals surface area contributed by atoms with Crippen LogP contribution in [0.25, 0.3) is 0 Å². The first-order valence-corrected chi connectivity index (χ1v) is 6.33. The molecule has 4 nitrogen and oxygen atoms in total. The predicted molar refractivity (Wildman–Crippen MR) is 79.4 cm³/mol. The molecule has 20 heavy (non-hydrogen) atoms. The number of phenols is 1. The van der Waals surface area contributed by atoms with Gasteiger partial charge in [0.15, 0.2) is 0 Å². The van der Waals surface area contributed by atoms with Gasteiger partial charge in [-0.3, -0.25) is 4.79 Å². The van der Waals surface area contributed by atoms with E-state index in [0.717, 1.165) is 5.56 Å². The summed E-state index contributed by atoms with van der Waals surface area (Å²) in [6.45, 7) is 1.85. The predicted octanol–water partition coefficient (Wildman–Crippen LogP) is 3.12. The van der Waals surface area contributed by atoms with Crippen molar-refractivity contribution in [2.75, 3.05) is 0 Å². The molecule has 0 fully saturated rings. The second-order valence-electron chi connectivity index (χ2n) is 4.22. The van der Waals surface area contributed by atoms with Gasteiger partial charge in [-0.2, -0.15) is 5.10 Å². The summed E-state index contributed by atoms with van der Waals surface area (Å²) < 4.78 is 0. The van der Waals surface area contributed by atoms with Gasteiger partial charge in [0, 0.05) is 16.1 Å². The number of phenolic OH excluding ortho intramolecular Hbond substituents is 1. The van der Waals surface area contributed by atoms with Crippen LogP contribution in [0.2, 0.25) is 5.02 Å². The molecule has 0 aliphatic carbocycles. The van der Waals surface area contributed by atoms with Crippen LogP contribution < -0.4 is 5.43 Å². The second kappa shape index (κ2) is 6.21. The number of carbonyl (C=O) groups excluding carboxylic acids is 1. The summed E-state index contributed by atoms with van der Waals surface area (Å²) in [5.74, 6) is -0.260. The number of hydrogen-bond donors (Lipinski definition) is 2. The minimum Gasteiger partial charge on any atom is -0.507 e. The van der Waals surface area contributed by atoms with E-state index in [1.165, 1.54) is 12.3 Å². The summed E-state index contributed by atoms with van der Waals surface area (Å²) in [7, 11) is 0. The summed E-state index contributed by atoms with van der Waals surface area (Å²) in [6.07, 6.45) is 1.34. The van der Waals surface area contributed by atoms with Gasteiger partial charge in [-0.15, -0.1) is 0 Å². The third-order valence-electron chi connectivity index (χ3n) is 2.75. The van der Waals surface area contributed by atoms with Crippen LogP contribution in [-0.4, -0.2) is 17.2 Å². The topological polar surface area (TPSA) is 61.7 Å². The number of rotatable bonds is 3. The molecule has 2 N–H and O–H groups in total. The Balaban J connectivity index is 2.09. The lowest BCUT2D eigenvalue weighted by Gasteiger charge is -2.03. The quantitative estimate of drug-likeness (QED) is 0.673. The zero-order valence-corrected chi connectivity index (χ0v) is 11.6. The van der Waals surface area contributed by atoms with Gasteiger partial charge in [-0.1, -0.05) is 29.8 Å². The van der Waals surface area contributed by atoms with Gasteiger partial charge < -0.3 is 5.11 Å². The van der Waals surface area contributed by atoms with E-state index in [1.54, 1.807) is 24.3 Å². The summed E-state index contributed by atoms with van der Waals surface area (Å²) >= 11 is 5.81. The maximum atomic E-state index is 11.9. The Morgan fingerprint density at radius 3 is 2.80 bits per heavy atom. The van der Waals surface area contributed by atoms with Crippen LogP contribution in [0.15, 0.2) is 47.6 Å². The molecule has 5 heteroatoms. The number of hydrazone groups is 1. The lowest BCUT2D eigenvalue weighted by atomic mass is 10.1. The molecule has 0 aliphatic rings. The highest BCUT2D eigenvalue weighted by Crippen LogP contribution is 2.19. The van der Waals surface area contributed by atoms with Gasteiger partial charge in [0.1, 0.15) is 5.75 Å². The van der Waals surface area contributed by atoms with Crippen molar-refractivity contribution in [2.45, 2.75) is 6.92 Å². The van der Waals surface area contributed by atoms with Crippen LogP contribution in [0.1, 0.15) is 21.5 Å². The van der Waals surface area contributed by atoms with Crippen molar-refractivity contribution in [1.29, 1.82) is 0 Å². The van der Waals surface area contributed by atoms with Crippen LogP contribution >= 0.6 is 11.6 Å². The normalized spacial score (nSPS) is 10.7. The molecule has 2 aromatic rings. The zero-order chi connectivity index (χ0) is 14.5. The Morgan fingerprint density at radius 2 is 2.05 bits per heavy atom. The number of aromatic hydroxyl groups is 1. The van der Waals surface area contributed by atoms with E-state index in [-0.39, 0.29) is 11.7 Å². The Kier molecular flexibility index (Phi) is 4.38. The van der Waals surface area contributed by atoms with Crippen molar-refractivity contribution in [3.8, 4) is 5.75 Å². The molecule has 102 valence electrons. The van der Waals surface area contributed by atoms with Crippen molar-refractivity contribution in [3.63, 3.8) is 0 Å². The average Bonchev–Trinajstić information content (AvgIpc) is 2.43. The van der Waals surface area contributed by atoms with Crippen molar-refractivity contribution < 1.29 is 9.90 Å². The zero-order valence-electron chi connectivity index (χ0n) is 10.8. The fourth-order valence-electron chi connectivity index (χ4n) is 1.68. The third-order valence-corrected chi connectivity index (χ3v) is 2.98. The van der Waals surface area contributed by atoms with E-state index in [4.69, 9.17) is 11.6 Å². The maximum Gasteiger partial charge on any atom is 0.271 e. The minimum atomic E-state index is -0.305. The molecule has 0 heterocycles. The molecule has 0 saturated heterocycles. The first-order chi connectivity index (χ1) is 9.58. The van der Waals surface area contributed by atoms with Crippen LogP contribution in [-0.2, 0) is 0 Å². The van der Waals surface area contributed by atoms with E-state index in [9.17, 15) is 9.90 Å². The first kappa shape index (κ1) is 14.1. The van der Waals surface area contributed by atoms with Crippen molar-refractivity contribution in [3.05, 3.63) is 64.2 Å². The molecule has 0 atom stereocenters. The van der Waals surface area contributed by atoms with E-state index >= 15 is 0 Å². The minimum absolute atomic E-state index is 0.0447. The Labute approximate surface area is 121 Å². The largest absolute Gasteiger partial charge is 0.507 e. The number of hydrogen-bond acceptors (Lipinski definition) is 3. The summed E-state index contributed by atoms with van der Waals surface area (Å²) in [5.41, 5.74) is 4.27. The number of nitrogens with one attached hydrogen (secondary N) is 1. The molecule has 0 bridgehead atoms. The van der Waals surface area contributed by atoms with E-state index in [2.05, 4.69) is 10.5 Å². The Hall–Kier alpha value is -2.33. The van der Waals surface area contributed by atoms with Gasteiger partial charge in [0.2, 0.25) is 0 Å². The molecule has 0 aliphatic heterocycles. The molecule has 1 amide bonds. The first-order valence-electron chi connectivity index (χ1n) is 5.95. The fraction of sp³-hybridized carbons (Fsp3) is 0.0667. The molecule has 0 saturated carbocycles. The van der Waals surface area contributed by atoms with E-state index in [1.807, 2.05) is 19.1 Å². The number of amides is 1. The van der Waals surface area contributed by atoms with Crippen molar-refractivity contribution in [1.82, 2.24) is 5.43 Å². The van der Waals surface area contributed by atoms with Gasteiger partial charge >= 0.3 is 0 Å². The molecular weight excluding hydrogens is 276 g/mol. The fourth-order valence-corrected chi connectivity index (χ4v) is 1.86. The summed E-state index contributed by atoms with van der Waals surface area (Å²) in [4.78, 5) is 11.9. The van der Waals surface area contributed by atoms with Crippen LogP contribution in [0.3, 0.4) is 0 Å². The van der Waals surface area contributed by atoms with Gasteiger partial charge in [0.05, 0.1) is 6.21 Å². The van der Waals surface area contributed by atoms with Gasteiger partial charge in [-0.25, -0.2) is 5.43 Å². The van der Waals surface area contributed by atoms with Crippen LogP contribution in [0, 0.1) is 6.92 Å². The highest BCUT2D eigenvalue weighted by molar-refractivity contribution is 6.30. The molecule has 2 aromatic carbocycles. The highest BCUT2D eigenvalue weighted by atomic mass is 35.5. The lowest BCUT2D eigenvalue weighted by molar-refractivity contribution is 0.0954. The smallest absolute Gasteiger partial charge is 0.271 e. The monoisotopic (exact) mass is 288 g/mol. The molecule has 0 aromatic heterocycles. The molecule has 2 rings (SSSR count). The summed E-state index contributed by atoms with van der Waals surface area (Å²) in [6, 6.07) is 11.8. The van der Waals surface area contributed by atoms with Crippen molar-refractivity contribution >= 4 is 23.7 Å². The number of carbonyl (C=O) groups is 1. The maximum absolute atomic E-state index is 11.9. The Morgan fingerprint density at radius 1 is 1.30 bits per heavy atom. The van der Waals surface area contributed by atoms with E-state index < -0.39 is 0 Å². The second-order valence-corrected chi connectivity index (χ2v) is 4.65. The standard InChI is InChI=1S/C15H13ClN2O2/c1-10-4-2-3-5-13(10)15(20)18-17-9-11-8-12(16)6-7-14(11)19/h2-9,19H,1H3,(H,18,20)/b17-9-. The SMILES string of the molecule is Cc1ccccc1C(=O)N/N=C\c1cc(Cl)ccc1O. The average molecular weight is 289 g/mol. The summed E-state index contributed by atoms with van der Waals surface area (Å²) in [5, 5.41) is 13.9.